The number of Topliss-reactive ketones (excluding diaryl/α,β-unsaturated/α-hetero) is 1. The van der Waals surface area contributed by atoms with Gasteiger partial charge in [-0.2, -0.15) is 0 Å². The smallest absolute Gasteiger partial charge is 0.403 e. The van der Waals surface area contributed by atoms with Gasteiger partial charge in [0.2, 0.25) is 5.91 Å². The molecular formula is C30H52ClN2O6P. The van der Waals surface area contributed by atoms with Crippen molar-refractivity contribution in [3.8, 4) is 5.75 Å². The number of carbonyl (C=O) groups excluding carboxylic acids is 2. The highest BCUT2D eigenvalue weighted by molar-refractivity contribution is 7.47. The molecule has 3 N–H and O–H groups in total. The maximum Gasteiger partial charge on any atom is 0.527 e. The van der Waals surface area contributed by atoms with Gasteiger partial charge in [0.1, 0.15) is 5.75 Å². The van der Waals surface area contributed by atoms with E-state index in [4.69, 9.17) is 20.6 Å². The predicted octanol–water partition coefficient (Wildman–Crippen LogP) is 8.41. The number of likely N-dealkylation sites (N-methyl/N-ethyl adjacent to an activating group) is 1. The average molecular weight is 603 g/mol. The number of alkyl halides is 1. The van der Waals surface area contributed by atoms with Gasteiger partial charge in [-0.3, -0.25) is 19.0 Å². The summed E-state index contributed by atoms with van der Waals surface area (Å²) in [4.78, 5) is 34.8. The van der Waals surface area contributed by atoms with Gasteiger partial charge in [-0.1, -0.05) is 84.5 Å². The number of carbonyl (C=O) groups is 2. The van der Waals surface area contributed by atoms with Crippen LogP contribution >= 0.6 is 19.4 Å². The molecule has 0 aliphatic heterocycles. The molecule has 1 aromatic rings. The van der Waals surface area contributed by atoms with Crippen molar-refractivity contribution >= 4 is 36.8 Å². The molecule has 1 aromatic carbocycles. The minimum Gasteiger partial charge on any atom is -0.403 e. The van der Waals surface area contributed by atoms with E-state index in [2.05, 4.69) is 17.6 Å². The summed E-state index contributed by atoms with van der Waals surface area (Å²) in [6.07, 6.45) is 17.0. The van der Waals surface area contributed by atoms with E-state index >= 15 is 0 Å². The molecule has 10 heteroatoms. The summed E-state index contributed by atoms with van der Waals surface area (Å²) in [5, 5.41) is 5.89. The minimum absolute atomic E-state index is 0.0258. The summed E-state index contributed by atoms with van der Waals surface area (Å²) in [5.74, 6) is -0.466. The first-order chi connectivity index (χ1) is 19.2. The normalized spacial score (nSPS) is 13.5. The van der Waals surface area contributed by atoms with E-state index < -0.39 is 7.82 Å². The molecule has 2 atom stereocenters. The molecule has 0 saturated carbocycles. The molecule has 2 unspecified atom stereocenters. The van der Waals surface area contributed by atoms with E-state index in [1.165, 1.54) is 57.1 Å². The molecule has 0 heterocycles. The third-order valence-electron chi connectivity index (χ3n) is 6.75. The Balaban J connectivity index is 2.33. The molecule has 1 rings (SSSR count). The molecule has 0 saturated heterocycles. The number of anilines is 1. The highest BCUT2D eigenvalue weighted by atomic mass is 35.5. The number of nitrogens with one attached hydrogen (secondary N) is 2. The summed E-state index contributed by atoms with van der Waals surface area (Å²) < 4.78 is 22.3. The largest absolute Gasteiger partial charge is 0.527 e. The molecule has 40 heavy (non-hydrogen) atoms. The molecular weight excluding hydrogens is 551 g/mol. The summed E-state index contributed by atoms with van der Waals surface area (Å²) >= 11 is 6.49. The van der Waals surface area contributed by atoms with Crippen LogP contribution in [0.25, 0.3) is 0 Å². The van der Waals surface area contributed by atoms with Gasteiger partial charge in [-0.15, -0.1) is 11.6 Å². The van der Waals surface area contributed by atoms with Crippen molar-refractivity contribution in [2.75, 3.05) is 25.5 Å². The number of ketones is 1. The monoisotopic (exact) mass is 602 g/mol. The summed E-state index contributed by atoms with van der Waals surface area (Å²) in [6.45, 7) is 4.27. The molecule has 0 aliphatic rings. The van der Waals surface area contributed by atoms with Crippen molar-refractivity contribution < 1.29 is 28.1 Å². The number of amides is 1. The zero-order valence-corrected chi connectivity index (χ0v) is 26.5. The molecule has 1 amide bonds. The van der Waals surface area contributed by atoms with Crippen LogP contribution in [-0.4, -0.2) is 42.2 Å². The van der Waals surface area contributed by atoms with E-state index in [9.17, 15) is 19.0 Å². The number of rotatable bonds is 25. The Bertz CT molecular complexity index is 901. The molecule has 0 spiro atoms. The van der Waals surface area contributed by atoms with Gasteiger partial charge >= 0.3 is 7.82 Å². The van der Waals surface area contributed by atoms with E-state index in [0.29, 0.717) is 18.7 Å². The molecule has 0 bridgehead atoms. The van der Waals surface area contributed by atoms with Gasteiger partial charge < -0.3 is 15.2 Å². The topological polar surface area (TPSA) is 114 Å². The van der Waals surface area contributed by atoms with E-state index in [1.54, 1.807) is 20.0 Å². The summed E-state index contributed by atoms with van der Waals surface area (Å²) in [7, 11) is -2.71. The average Bonchev–Trinajstić information content (AvgIpc) is 2.92. The lowest BCUT2D eigenvalue weighted by Gasteiger charge is -2.16. The van der Waals surface area contributed by atoms with Gasteiger partial charge in [0.25, 0.3) is 0 Å². The molecule has 0 fully saturated rings. The fraction of sp³-hybridized carbons (Fsp3) is 0.733. The first-order valence-electron chi connectivity index (χ1n) is 15.1. The second-order valence-corrected chi connectivity index (χ2v) is 12.3. The van der Waals surface area contributed by atoms with Gasteiger partial charge in [0.15, 0.2) is 5.78 Å². The fourth-order valence-electron chi connectivity index (χ4n) is 4.38. The predicted molar refractivity (Wildman–Crippen MR) is 165 cm³/mol. The highest BCUT2D eigenvalue weighted by Gasteiger charge is 2.25. The van der Waals surface area contributed by atoms with Crippen molar-refractivity contribution in [1.29, 1.82) is 0 Å². The van der Waals surface area contributed by atoms with Crippen LogP contribution in [0.5, 0.6) is 5.75 Å². The van der Waals surface area contributed by atoms with Crippen molar-refractivity contribution in [3.05, 3.63) is 23.8 Å². The van der Waals surface area contributed by atoms with Gasteiger partial charge in [0, 0.05) is 30.5 Å². The molecule has 0 aromatic heterocycles. The van der Waals surface area contributed by atoms with Crippen LogP contribution in [-0.2, 0) is 13.9 Å². The van der Waals surface area contributed by atoms with Gasteiger partial charge in [-0.25, -0.2) is 4.57 Å². The number of hydrogen-bond donors (Lipinski definition) is 3. The Morgan fingerprint density at radius 1 is 0.950 bits per heavy atom. The third kappa shape index (κ3) is 17.4. The van der Waals surface area contributed by atoms with Crippen LogP contribution in [0.4, 0.5) is 5.69 Å². The second kappa shape index (κ2) is 22.2. The number of phosphoric ester groups is 1. The summed E-state index contributed by atoms with van der Waals surface area (Å²) in [6, 6.07) is 4.42. The fourth-order valence-corrected chi connectivity index (χ4v) is 5.47. The Morgan fingerprint density at radius 3 is 2.15 bits per heavy atom. The van der Waals surface area contributed by atoms with Crippen LogP contribution < -0.4 is 15.2 Å². The van der Waals surface area contributed by atoms with Crippen LogP contribution in [0.1, 0.15) is 127 Å². The number of benzene rings is 1. The Kier molecular flexibility index (Phi) is 20.3. The quantitative estimate of drug-likeness (QED) is 0.0445. The van der Waals surface area contributed by atoms with Crippen molar-refractivity contribution in [1.82, 2.24) is 5.32 Å². The lowest BCUT2D eigenvalue weighted by molar-refractivity contribution is -0.116. The Labute approximate surface area is 246 Å². The first-order valence-corrected chi connectivity index (χ1v) is 17.1. The van der Waals surface area contributed by atoms with E-state index in [0.717, 1.165) is 44.9 Å². The second-order valence-electron chi connectivity index (χ2n) is 10.3. The lowest BCUT2D eigenvalue weighted by atomic mass is 10.0. The van der Waals surface area contributed by atoms with Gasteiger partial charge in [0.05, 0.1) is 12.2 Å². The van der Waals surface area contributed by atoms with Crippen LogP contribution in [0.2, 0.25) is 0 Å². The van der Waals surface area contributed by atoms with Crippen molar-refractivity contribution in [2.24, 2.45) is 0 Å². The molecule has 8 nitrogen and oxygen atoms in total. The minimum atomic E-state index is -4.39. The van der Waals surface area contributed by atoms with E-state index in [1.807, 2.05) is 0 Å². The van der Waals surface area contributed by atoms with Crippen molar-refractivity contribution in [2.45, 2.75) is 122 Å². The first kappa shape index (κ1) is 36.6. The maximum absolute atomic E-state index is 12.4. The van der Waals surface area contributed by atoms with E-state index in [-0.39, 0.29) is 41.4 Å². The van der Waals surface area contributed by atoms with Crippen LogP contribution in [0.3, 0.4) is 0 Å². The highest BCUT2D eigenvalue weighted by Crippen LogP contribution is 2.45. The zero-order valence-electron chi connectivity index (χ0n) is 24.9. The Morgan fingerprint density at radius 2 is 1.55 bits per heavy atom. The standard InChI is InChI=1S/C30H52ClN2O6P/c1-4-6-7-8-9-11-14-17-25(31)18-15-12-10-13-16-19-30(35)33-26-20-21-29(27(24-26)28(34)5-2)39-40(36,37)38-23-22-32-3/h20-21,24-25,32H,4-19,22-23H2,1-3H3,(H,33,35)(H,36,37). The van der Waals surface area contributed by atoms with Crippen LogP contribution in [0.15, 0.2) is 18.2 Å². The number of phosphoric acid groups is 1. The number of unbranched alkanes of at least 4 members (excludes halogenated alkanes) is 10. The molecule has 230 valence electrons. The van der Waals surface area contributed by atoms with Crippen LogP contribution in [0, 0.1) is 0 Å². The zero-order chi connectivity index (χ0) is 29.6. The SMILES string of the molecule is CCCCCCCCCC(Cl)CCCCCCCC(=O)Nc1ccc(OP(=O)(O)OCCNC)c(C(=O)CC)c1. The number of halogens is 1. The van der Waals surface area contributed by atoms with Crippen molar-refractivity contribution in [3.63, 3.8) is 0 Å². The lowest BCUT2D eigenvalue weighted by Crippen LogP contribution is -2.15. The number of hydrogen-bond acceptors (Lipinski definition) is 6. The third-order valence-corrected chi connectivity index (χ3v) is 8.12. The molecule has 0 aliphatic carbocycles. The van der Waals surface area contributed by atoms with Gasteiger partial charge in [-0.05, 0) is 44.5 Å². The Hall–Kier alpha value is -1.44. The summed E-state index contributed by atoms with van der Waals surface area (Å²) in [5.41, 5.74) is 0.559. The molecule has 0 radical (unpaired) electrons. The maximum atomic E-state index is 12.4.